The van der Waals surface area contributed by atoms with Gasteiger partial charge in [-0.3, -0.25) is 4.98 Å². The van der Waals surface area contributed by atoms with Gasteiger partial charge in [0.1, 0.15) is 0 Å². The van der Waals surface area contributed by atoms with E-state index in [9.17, 15) is 8.78 Å². The van der Waals surface area contributed by atoms with Crippen LogP contribution in [-0.2, 0) is 6.42 Å². The van der Waals surface area contributed by atoms with Crippen molar-refractivity contribution in [1.29, 1.82) is 0 Å². The van der Waals surface area contributed by atoms with Crippen molar-refractivity contribution in [3.8, 4) is 0 Å². The van der Waals surface area contributed by atoms with E-state index in [1.807, 2.05) is 13.0 Å². The van der Waals surface area contributed by atoms with Crippen molar-refractivity contribution in [3.05, 3.63) is 23.5 Å². The van der Waals surface area contributed by atoms with Crippen LogP contribution in [0.2, 0.25) is 0 Å². The molecule has 0 aromatic carbocycles. The number of aryl methyl sites for hydroxylation is 1. The summed E-state index contributed by atoms with van der Waals surface area (Å²) in [6.07, 6.45) is 0.902. The summed E-state index contributed by atoms with van der Waals surface area (Å²) in [5.41, 5.74) is 2.41. The summed E-state index contributed by atoms with van der Waals surface area (Å²) in [7, 11) is 0. The number of hydrogen-bond donors (Lipinski definition) is 0. The van der Waals surface area contributed by atoms with Gasteiger partial charge in [0, 0.05) is 18.8 Å². The second-order valence-corrected chi connectivity index (χ2v) is 5.49. The van der Waals surface area contributed by atoms with Gasteiger partial charge >= 0.3 is 0 Å². The van der Waals surface area contributed by atoms with Crippen LogP contribution in [0.1, 0.15) is 31.7 Å². The van der Waals surface area contributed by atoms with Gasteiger partial charge in [-0.1, -0.05) is 6.92 Å². The zero-order chi connectivity index (χ0) is 13.3. The first kappa shape index (κ1) is 13.2. The summed E-state index contributed by atoms with van der Waals surface area (Å²) in [6.45, 7) is 7.13. The Labute approximate surface area is 107 Å². The van der Waals surface area contributed by atoms with E-state index in [0.29, 0.717) is 11.6 Å². The molecule has 1 unspecified atom stereocenters. The van der Waals surface area contributed by atoms with Crippen molar-refractivity contribution < 1.29 is 8.78 Å². The normalized spacial score (nSPS) is 20.5. The minimum absolute atomic E-state index is 0.287. The van der Waals surface area contributed by atoms with Crippen LogP contribution in [0.3, 0.4) is 0 Å². The third-order valence-corrected chi connectivity index (χ3v) is 3.37. The average Bonchev–Trinajstić information content (AvgIpc) is 2.62. The van der Waals surface area contributed by atoms with Gasteiger partial charge in [0.2, 0.25) is 0 Å². The van der Waals surface area contributed by atoms with Crippen LogP contribution < -0.4 is 4.90 Å². The smallest absolute Gasteiger partial charge is 0.250 e. The molecule has 2 rings (SSSR count). The topological polar surface area (TPSA) is 16.1 Å². The Bertz CT molecular complexity index is 426. The summed E-state index contributed by atoms with van der Waals surface area (Å²) >= 11 is 0. The van der Waals surface area contributed by atoms with Gasteiger partial charge in [-0.05, 0) is 38.3 Å². The molecule has 1 saturated heterocycles. The molecule has 2 nitrogen and oxygen atoms in total. The van der Waals surface area contributed by atoms with Crippen LogP contribution in [0.4, 0.5) is 14.5 Å². The van der Waals surface area contributed by atoms with Crippen LogP contribution >= 0.6 is 0 Å². The molecule has 1 atom stereocenters. The summed E-state index contributed by atoms with van der Waals surface area (Å²) in [5.74, 6) is -1.99. The molecule has 0 bridgehead atoms. The van der Waals surface area contributed by atoms with Crippen molar-refractivity contribution in [2.45, 2.75) is 39.5 Å². The van der Waals surface area contributed by atoms with E-state index in [4.69, 9.17) is 0 Å². The van der Waals surface area contributed by atoms with Crippen LogP contribution in [0, 0.1) is 12.8 Å². The average molecular weight is 254 g/mol. The SMILES string of the molecule is Cc1nc(CC(C)(F)F)ccc1N1CCC(C)C1. The Morgan fingerprint density at radius 1 is 1.44 bits per heavy atom. The second kappa shape index (κ2) is 4.82. The Hall–Kier alpha value is -1.19. The standard InChI is InChI=1S/C14H20F2N2/c1-10-6-7-18(9-10)13-5-4-12(17-11(13)2)8-14(3,15)16/h4-5,10H,6-9H2,1-3H3. The van der Waals surface area contributed by atoms with Crippen molar-refractivity contribution in [2.75, 3.05) is 18.0 Å². The lowest BCUT2D eigenvalue weighted by Gasteiger charge is -2.21. The molecule has 1 aromatic rings. The maximum atomic E-state index is 12.9. The highest BCUT2D eigenvalue weighted by atomic mass is 19.3. The van der Waals surface area contributed by atoms with Crippen LogP contribution in [0.5, 0.6) is 0 Å². The largest absolute Gasteiger partial charge is 0.370 e. The van der Waals surface area contributed by atoms with Crippen molar-refractivity contribution in [1.82, 2.24) is 4.98 Å². The first-order chi connectivity index (χ1) is 8.35. The predicted octanol–water partition coefficient (Wildman–Crippen LogP) is 3.43. The minimum Gasteiger partial charge on any atom is -0.370 e. The fraction of sp³-hybridized carbons (Fsp3) is 0.643. The quantitative estimate of drug-likeness (QED) is 0.821. The molecule has 100 valence electrons. The fourth-order valence-corrected chi connectivity index (χ4v) is 2.51. The predicted molar refractivity (Wildman–Crippen MR) is 69.3 cm³/mol. The second-order valence-electron chi connectivity index (χ2n) is 5.49. The summed E-state index contributed by atoms with van der Waals surface area (Å²) < 4.78 is 25.9. The molecule has 18 heavy (non-hydrogen) atoms. The van der Waals surface area contributed by atoms with E-state index < -0.39 is 5.92 Å². The third-order valence-electron chi connectivity index (χ3n) is 3.37. The Kier molecular flexibility index (Phi) is 3.55. The summed E-state index contributed by atoms with van der Waals surface area (Å²) in [6, 6.07) is 3.66. The maximum Gasteiger partial charge on any atom is 0.250 e. The van der Waals surface area contributed by atoms with E-state index in [0.717, 1.165) is 31.4 Å². The molecule has 2 heterocycles. The molecule has 0 radical (unpaired) electrons. The van der Waals surface area contributed by atoms with Crippen LogP contribution in [0.15, 0.2) is 12.1 Å². The molecular formula is C14H20F2N2. The Morgan fingerprint density at radius 2 is 2.17 bits per heavy atom. The van der Waals surface area contributed by atoms with Crippen molar-refractivity contribution in [2.24, 2.45) is 5.92 Å². The lowest BCUT2D eigenvalue weighted by atomic mass is 10.1. The Morgan fingerprint density at radius 3 is 2.67 bits per heavy atom. The molecule has 1 aliphatic rings. The molecule has 4 heteroatoms. The van der Waals surface area contributed by atoms with Crippen LogP contribution in [-0.4, -0.2) is 24.0 Å². The summed E-state index contributed by atoms with van der Waals surface area (Å²) in [4.78, 5) is 6.60. The van der Waals surface area contributed by atoms with Gasteiger partial charge < -0.3 is 4.90 Å². The number of pyridine rings is 1. The maximum absolute atomic E-state index is 12.9. The van der Waals surface area contributed by atoms with Gasteiger partial charge in [-0.2, -0.15) is 0 Å². The van der Waals surface area contributed by atoms with E-state index in [1.54, 1.807) is 6.07 Å². The van der Waals surface area contributed by atoms with Gasteiger partial charge in [0.25, 0.3) is 5.92 Å². The lowest BCUT2D eigenvalue weighted by Crippen LogP contribution is -2.21. The molecule has 0 N–H and O–H groups in total. The van der Waals surface area contributed by atoms with Gasteiger partial charge in [-0.15, -0.1) is 0 Å². The first-order valence-electron chi connectivity index (χ1n) is 6.44. The zero-order valence-electron chi connectivity index (χ0n) is 11.2. The van der Waals surface area contributed by atoms with Crippen molar-refractivity contribution in [3.63, 3.8) is 0 Å². The highest BCUT2D eigenvalue weighted by Crippen LogP contribution is 2.27. The van der Waals surface area contributed by atoms with E-state index >= 15 is 0 Å². The highest BCUT2D eigenvalue weighted by molar-refractivity contribution is 5.51. The van der Waals surface area contributed by atoms with Crippen LogP contribution in [0.25, 0.3) is 0 Å². The first-order valence-corrected chi connectivity index (χ1v) is 6.44. The van der Waals surface area contributed by atoms with Gasteiger partial charge in [0.05, 0.1) is 17.8 Å². The van der Waals surface area contributed by atoms with E-state index in [1.165, 1.54) is 6.42 Å². The highest BCUT2D eigenvalue weighted by Gasteiger charge is 2.24. The molecule has 0 saturated carbocycles. The number of hydrogen-bond acceptors (Lipinski definition) is 2. The molecule has 0 amide bonds. The number of alkyl halides is 2. The van der Waals surface area contributed by atoms with E-state index in [2.05, 4.69) is 16.8 Å². The molecule has 0 aliphatic carbocycles. The number of nitrogens with zero attached hydrogens (tertiary/aromatic N) is 2. The zero-order valence-corrected chi connectivity index (χ0v) is 11.2. The number of aromatic nitrogens is 1. The monoisotopic (exact) mass is 254 g/mol. The summed E-state index contributed by atoms with van der Waals surface area (Å²) in [5, 5.41) is 0. The molecule has 1 aromatic heterocycles. The lowest BCUT2D eigenvalue weighted by molar-refractivity contribution is 0.0216. The van der Waals surface area contributed by atoms with E-state index in [-0.39, 0.29) is 6.42 Å². The molecular weight excluding hydrogens is 234 g/mol. The Balaban J connectivity index is 2.15. The minimum atomic E-state index is -2.69. The molecule has 0 spiro atoms. The van der Waals surface area contributed by atoms with Gasteiger partial charge in [-0.25, -0.2) is 8.78 Å². The van der Waals surface area contributed by atoms with Crippen molar-refractivity contribution >= 4 is 5.69 Å². The number of anilines is 1. The third kappa shape index (κ3) is 3.18. The fourth-order valence-electron chi connectivity index (χ4n) is 2.51. The number of rotatable bonds is 3. The molecule has 1 fully saturated rings. The molecule has 1 aliphatic heterocycles. The number of halogens is 2. The van der Waals surface area contributed by atoms with Gasteiger partial charge in [0.15, 0.2) is 0 Å².